The van der Waals surface area contributed by atoms with E-state index in [-0.39, 0.29) is 36.7 Å². The lowest BCUT2D eigenvalue weighted by Gasteiger charge is -2.37. The van der Waals surface area contributed by atoms with Crippen molar-refractivity contribution in [1.29, 1.82) is 0 Å². The van der Waals surface area contributed by atoms with Crippen LogP contribution < -0.4 is 4.90 Å². The molecule has 0 radical (unpaired) electrons. The maximum absolute atomic E-state index is 13.9. The van der Waals surface area contributed by atoms with Gasteiger partial charge in [-0.1, -0.05) is 26.0 Å². The van der Waals surface area contributed by atoms with Crippen molar-refractivity contribution < 1.29 is 19.7 Å². The summed E-state index contributed by atoms with van der Waals surface area (Å²) < 4.78 is 9.34. The van der Waals surface area contributed by atoms with Gasteiger partial charge >= 0.3 is 0 Å². The number of aliphatic hydroxyl groups is 2. The Morgan fingerprint density at radius 1 is 1.05 bits per heavy atom. The third-order valence-corrected chi connectivity index (χ3v) is 8.47. The second-order valence-corrected chi connectivity index (χ2v) is 12.1. The molecule has 3 aromatic heterocycles. The smallest absolute Gasteiger partial charge is 0.289 e. The van der Waals surface area contributed by atoms with Gasteiger partial charge in [-0.3, -0.25) is 9.36 Å². The third kappa shape index (κ3) is 5.12. The number of para-hydroxylation sites is 2. The molecule has 5 heterocycles. The second kappa shape index (κ2) is 11.2. The van der Waals surface area contributed by atoms with Crippen molar-refractivity contribution in [3.63, 3.8) is 0 Å². The van der Waals surface area contributed by atoms with Gasteiger partial charge in [0.2, 0.25) is 11.8 Å². The van der Waals surface area contributed by atoms with E-state index in [2.05, 4.69) is 18.7 Å². The van der Waals surface area contributed by atoms with Crippen LogP contribution in [-0.4, -0.2) is 102 Å². The zero-order chi connectivity index (χ0) is 29.6. The van der Waals surface area contributed by atoms with E-state index in [0.717, 1.165) is 16.9 Å². The summed E-state index contributed by atoms with van der Waals surface area (Å²) in [6.07, 6.45) is 1.42. The molecule has 4 aromatic rings. The van der Waals surface area contributed by atoms with Crippen molar-refractivity contribution in [2.24, 2.45) is 5.92 Å². The fourth-order valence-electron chi connectivity index (χ4n) is 6.12. The average Bonchev–Trinajstić information content (AvgIpc) is 3.56. The molecular formula is C30H40N8O4. The fraction of sp³-hybridized carbons (Fsp3) is 0.567. The minimum Gasteiger partial charge on any atom is -0.395 e. The van der Waals surface area contributed by atoms with Crippen molar-refractivity contribution in [3.05, 3.63) is 35.9 Å². The molecule has 42 heavy (non-hydrogen) atoms. The number of hydrogen-bond donors (Lipinski definition) is 2. The highest BCUT2D eigenvalue weighted by molar-refractivity contribution is 5.97. The Morgan fingerprint density at radius 2 is 1.76 bits per heavy atom. The van der Waals surface area contributed by atoms with Gasteiger partial charge in [-0.25, -0.2) is 9.97 Å². The van der Waals surface area contributed by atoms with Crippen LogP contribution in [0, 0.1) is 5.92 Å². The van der Waals surface area contributed by atoms with Gasteiger partial charge in [0.05, 0.1) is 36.5 Å². The standard InChI is InChI=1S/C30H40N8O4/c1-19(2)24-31-21-7-5-6-8-22(21)38(24)29-33-25(35-14-17-42-18-15-35)23-26(34-29)37(13-16-39)27(32-23)28(40)36-11-9-20(10-12-36)30(3,4)41/h5-8,19-20,39,41H,9-18H2,1-4H3. The first-order valence-corrected chi connectivity index (χ1v) is 14.9. The SMILES string of the molecule is CC(C)c1nc2ccccc2n1-c1nc(N2CCOCC2)c2nc(C(=O)N3CCC(C(C)(C)O)CC3)n(CCO)c2n1. The number of carbonyl (C=O) groups excluding carboxylic acids is 1. The second-order valence-electron chi connectivity index (χ2n) is 12.1. The lowest BCUT2D eigenvalue weighted by atomic mass is 9.83. The van der Waals surface area contributed by atoms with Crippen molar-refractivity contribution in [2.75, 3.05) is 50.9 Å². The van der Waals surface area contributed by atoms with Crippen molar-refractivity contribution in [2.45, 2.75) is 58.6 Å². The summed E-state index contributed by atoms with van der Waals surface area (Å²) in [6, 6.07) is 7.92. The molecule has 224 valence electrons. The first-order chi connectivity index (χ1) is 20.2. The first-order valence-electron chi connectivity index (χ1n) is 14.9. The summed E-state index contributed by atoms with van der Waals surface area (Å²) in [5.41, 5.74) is 1.99. The molecule has 2 aliphatic rings. The predicted octanol–water partition coefficient (Wildman–Crippen LogP) is 2.74. The number of hydrogen-bond acceptors (Lipinski definition) is 9. The van der Waals surface area contributed by atoms with E-state index in [1.165, 1.54) is 0 Å². The molecule has 2 fully saturated rings. The highest BCUT2D eigenvalue weighted by Gasteiger charge is 2.34. The Kier molecular flexibility index (Phi) is 7.62. The van der Waals surface area contributed by atoms with Gasteiger partial charge < -0.3 is 29.3 Å². The molecule has 1 aromatic carbocycles. The highest BCUT2D eigenvalue weighted by Crippen LogP contribution is 2.32. The van der Waals surface area contributed by atoms with Crippen LogP contribution in [0.5, 0.6) is 0 Å². The topological polar surface area (TPSA) is 135 Å². The van der Waals surface area contributed by atoms with E-state index >= 15 is 0 Å². The molecule has 12 nitrogen and oxygen atoms in total. The largest absolute Gasteiger partial charge is 0.395 e. The summed E-state index contributed by atoms with van der Waals surface area (Å²) >= 11 is 0. The molecule has 2 aliphatic heterocycles. The molecule has 2 N–H and O–H groups in total. The van der Waals surface area contributed by atoms with Crippen molar-refractivity contribution >= 4 is 33.9 Å². The quantitative estimate of drug-likeness (QED) is 0.341. The summed E-state index contributed by atoms with van der Waals surface area (Å²) in [5, 5.41) is 20.6. The van der Waals surface area contributed by atoms with Crippen LogP contribution in [0.4, 0.5) is 5.82 Å². The summed E-state index contributed by atoms with van der Waals surface area (Å²) in [5.74, 6) is 2.18. The van der Waals surface area contributed by atoms with Gasteiger partial charge in [-0.2, -0.15) is 9.97 Å². The molecule has 0 unspecified atom stereocenters. The number of likely N-dealkylation sites (tertiary alicyclic amines) is 1. The van der Waals surface area contributed by atoms with E-state index in [1.54, 1.807) is 9.47 Å². The number of ether oxygens (including phenoxy) is 1. The number of anilines is 1. The summed E-state index contributed by atoms with van der Waals surface area (Å²) in [4.78, 5) is 37.7. The normalized spacial score (nSPS) is 17.2. The third-order valence-electron chi connectivity index (χ3n) is 8.47. The monoisotopic (exact) mass is 576 g/mol. The predicted molar refractivity (Wildman–Crippen MR) is 159 cm³/mol. The highest BCUT2D eigenvalue weighted by atomic mass is 16.5. The average molecular weight is 577 g/mol. The number of aromatic nitrogens is 6. The van der Waals surface area contributed by atoms with Crippen LogP contribution in [-0.2, 0) is 11.3 Å². The first kappa shape index (κ1) is 28.5. The van der Waals surface area contributed by atoms with Crippen LogP contribution >= 0.6 is 0 Å². The molecule has 0 spiro atoms. The Balaban J connectivity index is 1.51. The Morgan fingerprint density at radius 3 is 2.43 bits per heavy atom. The van der Waals surface area contributed by atoms with Crippen LogP contribution in [0.3, 0.4) is 0 Å². The number of piperidine rings is 1. The van der Waals surface area contributed by atoms with Crippen LogP contribution in [0.25, 0.3) is 28.1 Å². The Bertz CT molecular complexity index is 1590. The van der Waals surface area contributed by atoms with Crippen LogP contribution in [0.1, 0.15) is 62.9 Å². The molecule has 2 saturated heterocycles. The van der Waals surface area contributed by atoms with Gasteiger partial charge in [0, 0.05) is 38.6 Å². The maximum Gasteiger partial charge on any atom is 0.289 e. The molecule has 0 aliphatic carbocycles. The summed E-state index contributed by atoms with van der Waals surface area (Å²) in [6.45, 7) is 11.3. The number of imidazole rings is 2. The van der Waals surface area contributed by atoms with Crippen LogP contribution in [0.15, 0.2) is 24.3 Å². The minimum atomic E-state index is -0.787. The van der Waals surface area contributed by atoms with Gasteiger partial charge in [-0.05, 0) is 44.7 Å². The number of aliphatic hydroxyl groups excluding tert-OH is 1. The van der Waals surface area contributed by atoms with Gasteiger partial charge in [0.25, 0.3) is 5.91 Å². The van der Waals surface area contributed by atoms with E-state index in [0.29, 0.717) is 75.2 Å². The molecule has 6 rings (SSSR count). The van der Waals surface area contributed by atoms with E-state index in [9.17, 15) is 15.0 Å². The zero-order valence-corrected chi connectivity index (χ0v) is 24.8. The zero-order valence-electron chi connectivity index (χ0n) is 24.8. The van der Waals surface area contributed by atoms with Crippen molar-refractivity contribution in [3.8, 4) is 5.95 Å². The summed E-state index contributed by atoms with van der Waals surface area (Å²) in [7, 11) is 0. The minimum absolute atomic E-state index is 0.106. The molecule has 12 heteroatoms. The number of carbonyl (C=O) groups is 1. The fourth-order valence-corrected chi connectivity index (χ4v) is 6.12. The molecular weight excluding hydrogens is 536 g/mol. The number of nitrogens with zero attached hydrogens (tertiary/aromatic N) is 8. The number of amides is 1. The Labute approximate surface area is 245 Å². The van der Waals surface area contributed by atoms with Gasteiger partial charge in [0.15, 0.2) is 17.0 Å². The number of morpholine rings is 1. The molecule has 0 atom stereocenters. The molecule has 1 amide bonds. The van der Waals surface area contributed by atoms with E-state index in [4.69, 9.17) is 24.7 Å². The lowest BCUT2D eigenvalue weighted by Crippen LogP contribution is -2.44. The van der Waals surface area contributed by atoms with Gasteiger partial charge in [-0.15, -0.1) is 0 Å². The van der Waals surface area contributed by atoms with Crippen LogP contribution in [0.2, 0.25) is 0 Å². The van der Waals surface area contributed by atoms with Crippen molar-refractivity contribution in [1.82, 2.24) is 34.0 Å². The lowest BCUT2D eigenvalue weighted by molar-refractivity contribution is -0.0110. The molecule has 0 saturated carbocycles. The Hall–Kier alpha value is -3.61. The number of rotatable bonds is 7. The number of fused-ring (bicyclic) bond motifs is 2. The van der Waals surface area contributed by atoms with Gasteiger partial charge in [0.1, 0.15) is 5.82 Å². The maximum atomic E-state index is 13.9. The van der Waals surface area contributed by atoms with E-state index < -0.39 is 5.60 Å². The number of benzene rings is 1. The van der Waals surface area contributed by atoms with E-state index in [1.807, 2.05) is 42.7 Å². The molecule has 0 bridgehead atoms.